The van der Waals surface area contributed by atoms with E-state index in [-0.39, 0.29) is 0 Å². The molecule has 2 aromatic rings. The third-order valence-electron chi connectivity index (χ3n) is 3.06. The maximum Gasteiger partial charge on any atom is 0.347 e. The van der Waals surface area contributed by atoms with E-state index >= 15 is 0 Å². The molecule has 0 saturated carbocycles. The Labute approximate surface area is 139 Å². The molecule has 0 spiro atoms. The highest BCUT2D eigenvalue weighted by Gasteiger charge is 2.18. The Balaban J connectivity index is 1.83. The molecule has 0 aromatic heterocycles. The van der Waals surface area contributed by atoms with Crippen molar-refractivity contribution >= 4 is 17.6 Å². The van der Waals surface area contributed by atoms with Crippen molar-refractivity contribution in [2.45, 2.75) is 13.0 Å². The van der Waals surface area contributed by atoms with Crippen molar-refractivity contribution in [3.63, 3.8) is 0 Å². The number of esters is 1. The van der Waals surface area contributed by atoms with Crippen LogP contribution in [0.3, 0.4) is 0 Å². The minimum absolute atomic E-state index is 0.331. The molecular weight excluding hydrogens is 308 g/mol. The fourth-order valence-electron chi connectivity index (χ4n) is 1.88. The standard InChI is InChI=1S/C18H16N2O4/c1-13(24-15-8-3-2-4-9-15)18(22)23-12-17(21)20-16-10-6-5-7-14(16)11-19/h2-10,13H,12H2,1H3,(H,20,21)/t13-/m1/s1. The smallest absolute Gasteiger partial charge is 0.347 e. The molecule has 0 aliphatic rings. The summed E-state index contributed by atoms with van der Waals surface area (Å²) in [5.74, 6) is -0.644. The van der Waals surface area contributed by atoms with Gasteiger partial charge in [0.15, 0.2) is 12.7 Å². The van der Waals surface area contributed by atoms with Gasteiger partial charge in [0.2, 0.25) is 0 Å². The van der Waals surface area contributed by atoms with Gasteiger partial charge < -0.3 is 14.8 Å². The summed E-state index contributed by atoms with van der Waals surface area (Å²) in [7, 11) is 0. The van der Waals surface area contributed by atoms with Crippen LogP contribution < -0.4 is 10.1 Å². The Morgan fingerprint density at radius 2 is 1.79 bits per heavy atom. The Kier molecular flexibility index (Phi) is 5.92. The van der Waals surface area contributed by atoms with Gasteiger partial charge in [-0.3, -0.25) is 4.79 Å². The predicted molar refractivity (Wildman–Crippen MR) is 87.3 cm³/mol. The maximum atomic E-state index is 11.8. The summed E-state index contributed by atoms with van der Waals surface area (Å²) < 4.78 is 10.3. The highest BCUT2D eigenvalue weighted by molar-refractivity contribution is 5.94. The summed E-state index contributed by atoms with van der Waals surface area (Å²) in [6, 6.07) is 17.4. The number of hydrogen-bond acceptors (Lipinski definition) is 5. The molecule has 0 aliphatic carbocycles. The number of anilines is 1. The zero-order valence-electron chi connectivity index (χ0n) is 13.1. The summed E-state index contributed by atoms with van der Waals surface area (Å²) >= 11 is 0. The first-order valence-corrected chi connectivity index (χ1v) is 7.27. The minimum Gasteiger partial charge on any atom is -0.479 e. The number of nitriles is 1. The van der Waals surface area contributed by atoms with E-state index < -0.39 is 24.6 Å². The molecule has 2 aromatic carbocycles. The summed E-state index contributed by atoms with van der Waals surface area (Å²) in [6.07, 6.45) is -0.841. The summed E-state index contributed by atoms with van der Waals surface area (Å²) in [6.45, 7) is 1.08. The zero-order valence-corrected chi connectivity index (χ0v) is 13.1. The van der Waals surface area contributed by atoms with E-state index in [1.807, 2.05) is 12.1 Å². The second-order valence-corrected chi connectivity index (χ2v) is 4.89. The number of carbonyl (C=O) groups excluding carboxylic acids is 2. The fourth-order valence-corrected chi connectivity index (χ4v) is 1.88. The number of para-hydroxylation sites is 2. The molecule has 1 amide bonds. The number of hydrogen-bond donors (Lipinski definition) is 1. The van der Waals surface area contributed by atoms with Gasteiger partial charge in [-0.1, -0.05) is 30.3 Å². The summed E-state index contributed by atoms with van der Waals surface area (Å²) in [5.41, 5.74) is 0.701. The fraction of sp³-hybridized carbons (Fsp3) is 0.167. The molecule has 6 heteroatoms. The molecule has 0 bridgehead atoms. The van der Waals surface area contributed by atoms with E-state index in [9.17, 15) is 9.59 Å². The lowest BCUT2D eigenvalue weighted by atomic mass is 10.2. The first-order chi connectivity index (χ1) is 11.6. The first-order valence-electron chi connectivity index (χ1n) is 7.27. The second-order valence-electron chi connectivity index (χ2n) is 4.89. The SMILES string of the molecule is C[C@@H](Oc1ccccc1)C(=O)OCC(=O)Nc1ccccc1C#N. The van der Waals surface area contributed by atoms with Crippen molar-refractivity contribution < 1.29 is 19.1 Å². The van der Waals surface area contributed by atoms with Crippen molar-refractivity contribution in [3.8, 4) is 11.8 Å². The lowest BCUT2D eigenvalue weighted by Gasteiger charge is -2.14. The van der Waals surface area contributed by atoms with Crippen LogP contribution in [0.15, 0.2) is 54.6 Å². The number of amides is 1. The molecule has 24 heavy (non-hydrogen) atoms. The van der Waals surface area contributed by atoms with Gasteiger partial charge in [-0.25, -0.2) is 4.79 Å². The van der Waals surface area contributed by atoms with Crippen LogP contribution in [0.2, 0.25) is 0 Å². The van der Waals surface area contributed by atoms with E-state index in [2.05, 4.69) is 5.32 Å². The average molecular weight is 324 g/mol. The van der Waals surface area contributed by atoms with Crippen LogP contribution >= 0.6 is 0 Å². The first kappa shape index (κ1) is 17.0. The lowest BCUT2D eigenvalue weighted by molar-refractivity contribution is -0.153. The van der Waals surface area contributed by atoms with Crippen LogP contribution in [0.25, 0.3) is 0 Å². The van der Waals surface area contributed by atoms with Crippen molar-refractivity contribution in [3.05, 3.63) is 60.2 Å². The maximum absolute atomic E-state index is 11.8. The van der Waals surface area contributed by atoms with Gasteiger partial charge in [0.1, 0.15) is 11.8 Å². The van der Waals surface area contributed by atoms with E-state index in [1.54, 1.807) is 48.5 Å². The van der Waals surface area contributed by atoms with Crippen molar-refractivity contribution in [2.75, 3.05) is 11.9 Å². The number of rotatable bonds is 6. The van der Waals surface area contributed by atoms with Gasteiger partial charge >= 0.3 is 5.97 Å². The van der Waals surface area contributed by atoms with Crippen molar-refractivity contribution in [1.82, 2.24) is 0 Å². The second kappa shape index (κ2) is 8.34. The van der Waals surface area contributed by atoms with Gasteiger partial charge in [0.05, 0.1) is 11.3 Å². The third kappa shape index (κ3) is 4.85. The van der Waals surface area contributed by atoms with Crippen LogP contribution in [-0.4, -0.2) is 24.6 Å². The molecule has 0 saturated heterocycles. The molecule has 122 valence electrons. The van der Waals surface area contributed by atoms with Crippen LogP contribution in [0.1, 0.15) is 12.5 Å². The Morgan fingerprint density at radius 1 is 1.12 bits per heavy atom. The lowest BCUT2D eigenvalue weighted by Crippen LogP contribution is -2.29. The monoisotopic (exact) mass is 324 g/mol. The van der Waals surface area contributed by atoms with Crippen LogP contribution in [0.5, 0.6) is 5.75 Å². The topological polar surface area (TPSA) is 88.4 Å². The third-order valence-corrected chi connectivity index (χ3v) is 3.06. The molecule has 0 heterocycles. The van der Waals surface area contributed by atoms with Gasteiger partial charge in [0, 0.05) is 0 Å². The van der Waals surface area contributed by atoms with E-state index in [0.717, 1.165) is 0 Å². The Hall–Kier alpha value is -3.33. The van der Waals surface area contributed by atoms with Crippen LogP contribution in [0.4, 0.5) is 5.69 Å². The molecule has 0 unspecified atom stereocenters. The van der Waals surface area contributed by atoms with E-state index in [0.29, 0.717) is 17.0 Å². The number of benzene rings is 2. The zero-order chi connectivity index (χ0) is 17.4. The Bertz CT molecular complexity index is 753. The quantitative estimate of drug-likeness (QED) is 0.825. The molecule has 0 aliphatic heterocycles. The summed E-state index contributed by atoms with van der Waals surface area (Å²) in [5, 5.41) is 11.5. The molecule has 0 radical (unpaired) electrons. The highest BCUT2D eigenvalue weighted by atomic mass is 16.6. The number of nitrogens with zero attached hydrogens (tertiary/aromatic N) is 1. The van der Waals surface area contributed by atoms with Crippen LogP contribution in [0, 0.1) is 11.3 Å². The predicted octanol–water partition coefficient (Wildman–Crippen LogP) is 2.51. The molecule has 0 fully saturated rings. The highest BCUT2D eigenvalue weighted by Crippen LogP contribution is 2.14. The number of ether oxygens (including phenoxy) is 2. The Morgan fingerprint density at radius 3 is 2.50 bits per heavy atom. The van der Waals surface area contributed by atoms with Crippen molar-refractivity contribution in [2.24, 2.45) is 0 Å². The molecule has 1 atom stereocenters. The molecule has 1 N–H and O–H groups in total. The van der Waals surface area contributed by atoms with Crippen LogP contribution in [-0.2, 0) is 14.3 Å². The van der Waals surface area contributed by atoms with E-state index in [4.69, 9.17) is 14.7 Å². The van der Waals surface area contributed by atoms with Gasteiger partial charge in [0.25, 0.3) is 5.91 Å². The minimum atomic E-state index is -0.841. The van der Waals surface area contributed by atoms with E-state index in [1.165, 1.54) is 6.92 Å². The molecule has 2 rings (SSSR count). The molecule has 6 nitrogen and oxygen atoms in total. The number of nitrogens with one attached hydrogen (secondary N) is 1. The molecular formula is C18H16N2O4. The summed E-state index contributed by atoms with van der Waals surface area (Å²) in [4.78, 5) is 23.7. The van der Waals surface area contributed by atoms with Gasteiger partial charge in [-0.05, 0) is 31.2 Å². The van der Waals surface area contributed by atoms with Gasteiger partial charge in [-0.15, -0.1) is 0 Å². The largest absolute Gasteiger partial charge is 0.479 e. The average Bonchev–Trinajstić information content (AvgIpc) is 2.61. The van der Waals surface area contributed by atoms with Gasteiger partial charge in [-0.2, -0.15) is 5.26 Å². The normalized spacial score (nSPS) is 11.0. The number of carbonyl (C=O) groups is 2. The van der Waals surface area contributed by atoms with Crippen molar-refractivity contribution in [1.29, 1.82) is 5.26 Å².